The van der Waals surface area contributed by atoms with Crippen molar-refractivity contribution in [1.82, 2.24) is 0 Å². The molecule has 4 aliphatic heterocycles. The van der Waals surface area contributed by atoms with Crippen LogP contribution in [0.1, 0.15) is 353 Å². The Kier molecular flexibility index (Phi) is 27.4. The summed E-state index contributed by atoms with van der Waals surface area (Å²) >= 11 is 0. The van der Waals surface area contributed by atoms with E-state index in [0.717, 1.165) is 134 Å². The molecule has 89 heavy (non-hydrogen) atoms. The van der Waals surface area contributed by atoms with Crippen molar-refractivity contribution in [2.24, 2.45) is 0 Å². The van der Waals surface area contributed by atoms with E-state index in [1.54, 1.807) is 7.11 Å². The van der Waals surface area contributed by atoms with Crippen molar-refractivity contribution in [3.63, 3.8) is 0 Å². The highest BCUT2D eigenvalue weighted by atomic mass is 16.7. The lowest BCUT2D eigenvalue weighted by Gasteiger charge is -2.36. The molecule has 3 N–H and O–H groups in total. The molecular formula is C77H114O12. The van der Waals surface area contributed by atoms with E-state index in [0.29, 0.717) is 64.6 Å². The lowest BCUT2D eigenvalue weighted by Crippen LogP contribution is -2.23. The van der Waals surface area contributed by atoms with Crippen LogP contribution in [0.25, 0.3) is 0 Å². The molecule has 494 valence electrons. The van der Waals surface area contributed by atoms with E-state index in [1.807, 2.05) is 0 Å². The topological polar surface area (TPSA) is 144 Å². The Bertz CT molecular complexity index is 2630. The van der Waals surface area contributed by atoms with Crippen LogP contribution in [0, 0.1) is 0 Å². The number of rotatable bonds is 41. The molecule has 0 amide bonds. The first-order chi connectivity index (χ1) is 43.8. The van der Waals surface area contributed by atoms with Crippen molar-refractivity contribution < 1.29 is 58.0 Å². The molecule has 0 spiro atoms. The molecule has 5 aliphatic rings. The van der Waals surface area contributed by atoms with Gasteiger partial charge in [-0.1, -0.05) is 259 Å². The van der Waals surface area contributed by atoms with E-state index in [1.165, 1.54) is 154 Å². The molecule has 4 aromatic rings. The summed E-state index contributed by atoms with van der Waals surface area (Å²) in [6.07, 6.45) is 45.3. The molecule has 1 aliphatic carbocycles. The average Bonchev–Trinajstić information content (AvgIpc) is 0.761. The summed E-state index contributed by atoms with van der Waals surface area (Å²) in [7, 11) is 1.69. The first kappa shape index (κ1) is 67.9. The summed E-state index contributed by atoms with van der Waals surface area (Å²) in [6, 6.07) is 9.07. The van der Waals surface area contributed by atoms with Gasteiger partial charge in [0.25, 0.3) is 0 Å². The molecule has 9 rings (SSSR count). The van der Waals surface area contributed by atoms with Gasteiger partial charge in [0.05, 0.1) is 7.11 Å². The minimum atomic E-state index is -0.388. The summed E-state index contributed by atoms with van der Waals surface area (Å²) < 4.78 is 60.2. The second kappa shape index (κ2) is 35.9. The van der Waals surface area contributed by atoms with Crippen LogP contribution in [0.2, 0.25) is 0 Å². The zero-order chi connectivity index (χ0) is 62.2. The van der Waals surface area contributed by atoms with Crippen molar-refractivity contribution in [3.05, 3.63) is 68.8 Å². The number of hydrogen-bond donors (Lipinski definition) is 3. The van der Waals surface area contributed by atoms with Gasteiger partial charge in [-0.3, -0.25) is 0 Å². The maximum absolute atomic E-state index is 13.0. The smallest absolute Gasteiger partial charge is 0.231 e. The van der Waals surface area contributed by atoms with Crippen LogP contribution in [0.15, 0.2) is 24.3 Å². The fraction of sp³-hybridized carbons (Fsp3) is 0.688. The van der Waals surface area contributed by atoms with E-state index in [4.69, 9.17) is 42.6 Å². The highest BCUT2D eigenvalue weighted by Gasteiger charge is 2.42. The second-order valence-electron chi connectivity index (χ2n) is 26.7. The van der Waals surface area contributed by atoms with E-state index in [-0.39, 0.29) is 68.1 Å². The molecule has 4 aromatic carbocycles. The number of phenols is 3. The minimum absolute atomic E-state index is 0.0762. The van der Waals surface area contributed by atoms with Gasteiger partial charge in [-0.2, -0.15) is 0 Å². The monoisotopic (exact) mass is 1230 g/mol. The zero-order valence-electron chi connectivity index (χ0n) is 55.7. The normalized spacial score (nSPS) is 17.5. The molecule has 8 bridgehead atoms. The first-order valence-corrected chi connectivity index (χ1v) is 36.3. The van der Waals surface area contributed by atoms with Crippen LogP contribution in [-0.4, -0.2) is 49.6 Å². The molecule has 0 radical (unpaired) electrons. The summed E-state index contributed by atoms with van der Waals surface area (Å²) in [5.41, 5.74) is 6.90. The Hall–Kier alpha value is -5.52. The second-order valence-corrected chi connectivity index (χ2v) is 26.7. The van der Waals surface area contributed by atoms with Gasteiger partial charge in [0, 0.05) is 68.2 Å². The van der Waals surface area contributed by atoms with Crippen LogP contribution >= 0.6 is 0 Å². The average molecular weight is 1230 g/mol. The molecule has 4 heterocycles. The third-order valence-corrected chi connectivity index (χ3v) is 20.3. The lowest BCUT2D eigenvalue weighted by atomic mass is 9.75. The predicted octanol–water partition coefficient (Wildman–Crippen LogP) is 22.3. The van der Waals surface area contributed by atoms with Gasteiger partial charge < -0.3 is 58.0 Å². The summed E-state index contributed by atoms with van der Waals surface area (Å²) in [6.45, 7) is 8.09. The van der Waals surface area contributed by atoms with Crippen molar-refractivity contribution in [3.8, 4) is 69.0 Å². The third-order valence-electron chi connectivity index (χ3n) is 20.3. The Balaban J connectivity index is 1.25. The van der Waals surface area contributed by atoms with Crippen LogP contribution in [-0.2, 0) is 0 Å². The van der Waals surface area contributed by atoms with Crippen LogP contribution < -0.4 is 42.6 Å². The maximum Gasteiger partial charge on any atom is 0.231 e. The quantitative estimate of drug-likeness (QED) is 0.0364. The van der Waals surface area contributed by atoms with Gasteiger partial charge in [-0.15, -0.1) is 0 Å². The first-order valence-electron chi connectivity index (χ1n) is 36.3. The van der Waals surface area contributed by atoms with Crippen LogP contribution in [0.4, 0.5) is 0 Å². The van der Waals surface area contributed by atoms with Gasteiger partial charge in [-0.05, 0) is 49.9 Å². The number of benzene rings is 4. The van der Waals surface area contributed by atoms with E-state index in [2.05, 4.69) is 52.0 Å². The van der Waals surface area contributed by atoms with E-state index < -0.39 is 0 Å². The minimum Gasteiger partial charge on any atom is -0.502 e. The number of hydrogen-bond acceptors (Lipinski definition) is 12. The van der Waals surface area contributed by atoms with Gasteiger partial charge in [0.15, 0.2) is 46.0 Å². The summed E-state index contributed by atoms with van der Waals surface area (Å²) in [5.74, 6) is 1.82. The Labute approximate surface area is 535 Å². The maximum atomic E-state index is 13.0. The van der Waals surface area contributed by atoms with Gasteiger partial charge in [0.2, 0.25) is 50.2 Å². The highest BCUT2D eigenvalue weighted by molar-refractivity contribution is 5.73. The number of phenolic OH excluding ortho intramolecular Hbond substituents is 3. The van der Waals surface area contributed by atoms with Crippen molar-refractivity contribution >= 4 is 0 Å². The van der Waals surface area contributed by atoms with Crippen molar-refractivity contribution in [2.75, 3.05) is 34.3 Å². The highest BCUT2D eigenvalue weighted by Crippen LogP contribution is 2.62. The molecule has 12 nitrogen and oxygen atoms in total. The molecule has 0 fully saturated rings. The Morgan fingerprint density at radius 1 is 0.270 bits per heavy atom. The Morgan fingerprint density at radius 2 is 0.438 bits per heavy atom. The number of aromatic hydroxyl groups is 3. The summed E-state index contributed by atoms with van der Waals surface area (Å²) in [5, 5.41) is 39.1. The molecule has 4 unspecified atom stereocenters. The molecule has 0 saturated heterocycles. The van der Waals surface area contributed by atoms with E-state index >= 15 is 0 Å². The SMILES string of the molecule is CCCCCCCCCCCC1c2cc3c4c(O)c2OCOc2c1cc1c(c2O)OCOc2c(cc5c(c2OC)OCOc2c(cc(c(c2O)OCO4)C3CCCCCCCCCCC)C5CCCCCCCCCCC)C1CCCCCCCCCCC. The number of unbranched alkanes of at least 4 members (excludes halogenated alkanes) is 32. The standard InChI is InChI=1S/C77H114O12/c1-6-10-14-18-22-26-30-34-38-42-54-58-46-59-55(43-39-35-31-27-23-19-15-11-7-2)61-48-63-57(45-41-37-33-29-25-21-17-13-9-4)65-49-64-56(44-40-36-32-28-24-20-16-12-8-3)62-47-60(54)71-67(79)73(62)86-52-88-75(64)77(81-5)76(65)89-53-87-74(63)68(80)72(61)85-51-83-70(59)66(78)69(58)82-50-84-71/h46-49,54-57,78-80H,6-45,50-53H2,1-5H3. The van der Waals surface area contributed by atoms with Crippen molar-refractivity contribution in [2.45, 2.75) is 308 Å². The molecular weight excluding hydrogens is 1120 g/mol. The summed E-state index contributed by atoms with van der Waals surface area (Å²) in [4.78, 5) is 0. The van der Waals surface area contributed by atoms with Crippen LogP contribution in [0.5, 0.6) is 69.0 Å². The molecule has 4 atom stereocenters. The zero-order valence-corrected chi connectivity index (χ0v) is 55.7. The third kappa shape index (κ3) is 17.2. The van der Waals surface area contributed by atoms with E-state index in [9.17, 15) is 15.3 Å². The number of ether oxygens (including phenoxy) is 9. The Morgan fingerprint density at radius 3 is 0.629 bits per heavy atom. The fourth-order valence-corrected chi connectivity index (χ4v) is 15.3. The van der Waals surface area contributed by atoms with Gasteiger partial charge in [0.1, 0.15) is 0 Å². The number of methoxy groups -OCH3 is 1. The molecule has 12 heteroatoms. The van der Waals surface area contributed by atoms with Crippen molar-refractivity contribution in [1.29, 1.82) is 0 Å². The molecule has 0 aromatic heterocycles. The largest absolute Gasteiger partial charge is 0.502 e. The fourth-order valence-electron chi connectivity index (χ4n) is 15.3. The van der Waals surface area contributed by atoms with Gasteiger partial charge in [-0.25, -0.2) is 0 Å². The lowest BCUT2D eigenvalue weighted by molar-refractivity contribution is 0.0864. The van der Waals surface area contributed by atoms with Crippen LogP contribution in [0.3, 0.4) is 0 Å². The predicted molar refractivity (Wildman–Crippen MR) is 357 cm³/mol. The van der Waals surface area contributed by atoms with Gasteiger partial charge >= 0.3 is 0 Å². The molecule has 0 saturated carbocycles.